The molecule has 0 radical (unpaired) electrons. The number of benzene rings is 5. The third kappa shape index (κ3) is 4.51. The van der Waals surface area contributed by atoms with E-state index < -0.39 is 11.7 Å². The topological polar surface area (TPSA) is 38.7 Å². The highest BCUT2D eigenvalue weighted by atomic mass is 16.5. The monoisotopic (exact) mass is 498 g/mol. The molecule has 0 aliphatic carbocycles. The smallest absolute Gasteiger partial charge is 0.143 e. The van der Waals surface area contributed by atoms with Crippen molar-refractivity contribution < 1.29 is 14.6 Å². The molecule has 0 saturated carbocycles. The maximum Gasteiger partial charge on any atom is 0.143 e. The van der Waals surface area contributed by atoms with Crippen LogP contribution in [0.5, 0.6) is 5.75 Å². The Morgan fingerprint density at radius 2 is 1.21 bits per heavy atom. The van der Waals surface area contributed by atoms with Crippen molar-refractivity contribution in [2.45, 2.75) is 24.7 Å². The van der Waals surface area contributed by atoms with Crippen molar-refractivity contribution in [2.24, 2.45) is 0 Å². The van der Waals surface area contributed by atoms with Gasteiger partial charge in [0, 0.05) is 5.56 Å². The summed E-state index contributed by atoms with van der Waals surface area (Å²) < 4.78 is 13.0. The van der Waals surface area contributed by atoms with Crippen LogP contribution in [-0.4, -0.2) is 11.7 Å². The Balaban J connectivity index is 1.33. The Morgan fingerprint density at radius 1 is 0.658 bits per heavy atom. The first-order valence-corrected chi connectivity index (χ1v) is 13.1. The van der Waals surface area contributed by atoms with Gasteiger partial charge in [0.15, 0.2) is 0 Å². The number of aliphatic hydroxyl groups is 1. The van der Waals surface area contributed by atoms with E-state index in [9.17, 15) is 5.11 Å². The summed E-state index contributed by atoms with van der Waals surface area (Å²) in [6, 6.07) is 45.3. The number of hydrogen-bond donors (Lipinski definition) is 1. The van der Waals surface area contributed by atoms with Crippen LogP contribution in [0.25, 0.3) is 0 Å². The van der Waals surface area contributed by atoms with Gasteiger partial charge < -0.3 is 14.6 Å². The number of fused-ring (bicyclic) bond motifs is 2. The maximum absolute atomic E-state index is 11.2. The first-order chi connectivity index (χ1) is 18.8. The molecule has 3 heteroatoms. The van der Waals surface area contributed by atoms with Gasteiger partial charge in [0.25, 0.3) is 0 Å². The second-order valence-corrected chi connectivity index (χ2v) is 9.64. The molecule has 1 unspecified atom stereocenters. The number of ether oxygens (including phenoxy) is 2. The molecule has 0 saturated heterocycles. The SMILES string of the molecule is OC1c2ccccc2COc2ccc(CCOC(c3ccccc3)(c3ccccc3)c3ccccc3)cc21. The van der Waals surface area contributed by atoms with Crippen molar-refractivity contribution in [3.05, 3.63) is 172 Å². The number of aliphatic hydroxyl groups excluding tert-OH is 1. The van der Waals surface area contributed by atoms with Crippen LogP contribution in [0.4, 0.5) is 0 Å². The lowest BCUT2D eigenvalue weighted by Crippen LogP contribution is -2.33. The number of rotatable bonds is 7. The first-order valence-electron chi connectivity index (χ1n) is 13.1. The van der Waals surface area contributed by atoms with Gasteiger partial charge >= 0.3 is 0 Å². The van der Waals surface area contributed by atoms with E-state index in [1.807, 2.05) is 48.5 Å². The summed E-state index contributed by atoms with van der Waals surface area (Å²) in [6.45, 7) is 0.946. The molecule has 6 rings (SSSR count). The van der Waals surface area contributed by atoms with Crippen LogP contribution >= 0.6 is 0 Å². The van der Waals surface area contributed by atoms with Gasteiger partial charge in [-0.15, -0.1) is 0 Å². The summed E-state index contributed by atoms with van der Waals surface area (Å²) in [5.74, 6) is 0.727. The Kier molecular flexibility index (Phi) is 6.78. The van der Waals surface area contributed by atoms with Crippen molar-refractivity contribution in [2.75, 3.05) is 6.61 Å². The van der Waals surface area contributed by atoms with E-state index in [1.54, 1.807) is 0 Å². The molecule has 5 aromatic rings. The minimum Gasteiger partial charge on any atom is -0.488 e. The van der Waals surface area contributed by atoms with Crippen molar-refractivity contribution in [1.82, 2.24) is 0 Å². The third-order valence-electron chi connectivity index (χ3n) is 7.35. The van der Waals surface area contributed by atoms with Gasteiger partial charge in [-0.2, -0.15) is 0 Å². The normalized spacial score (nSPS) is 14.6. The zero-order valence-electron chi connectivity index (χ0n) is 21.2. The minimum absolute atomic E-state index is 0.455. The Bertz CT molecular complexity index is 1400. The quantitative estimate of drug-likeness (QED) is 0.241. The summed E-state index contributed by atoms with van der Waals surface area (Å²) in [7, 11) is 0. The van der Waals surface area contributed by atoms with Gasteiger partial charge in [0.05, 0.1) is 6.61 Å². The largest absolute Gasteiger partial charge is 0.488 e. The van der Waals surface area contributed by atoms with Crippen molar-refractivity contribution in [1.29, 1.82) is 0 Å². The molecule has 5 aromatic carbocycles. The minimum atomic E-state index is -0.753. The molecule has 1 aliphatic rings. The molecular weight excluding hydrogens is 468 g/mol. The van der Waals surface area contributed by atoms with Crippen LogP contribution in [0, 0.1) is 0 Å². The molecule has 0 spiro atoms. The van der Waals surface area contributed by atoms with Crippen molar-refractivity contribution in [3.8, 4) is 5.75 Å². The van der Waals surface area contributed by atoms with Crippen LogP contribution in [0.15, 0.2) is 133 Å². The highest BCUT2D eigenvalue weighted by molar-refractivity contribution is 5.48. The molecule has 38 heavy (non-hydrogen) atoms. The van der Waals surface area contributed by atoms with Gasteiger partial charge in [-0.25, -0.2) is 0 Å². The van der Waals surface area contributed by atoms with E-state index in [2.05, 4.69) is 84.9 Å². The van der Waals surface area contributed by atoms with E-state index in [0.717, 1.165) is 44.7 Å². The molecule has 0 aromatic heterocycles. The zero-order chi connectivity index (χ0) is 25.8. The molecule has 188 valence electrons. The summed E-state index contributed by atoms with van der Waals surface area (Å²) in [6.07, 6.45) is -0.0304. The van der Waals surface area contributed by atoms with Gasteiger partial charge in [0.2, 0.25) is 0 Å². The fourth-order valence-corrected chi connectivity index (χ4v) is 5.44. The van der Waals surface area contributed by atoms with E-state index in [0.29, 0.717) is 19.6 Å². The predicted octanol–water partition coefficient (Wildman–Crippen LogP) is 7.21. The summed E-state index contributed by atoms with van der Waals surface area (Å²) in [5, 5.41) is 11.2. The Labute approximate surface area is 223 Å². The van der Waals surface area contributed by atoms with Gasteiger partial charge in [-0.3, -0.25) is 0 Å². The lowest BCUT2D eigenvalue weighted by Gasteiger charge is -2.36. The van der Waals surface area contributed by atoms with Gasteiger partial charge in [-0.05, 0) is 51.9 Å². The van der Waals surface area contributed by atoms with Crippen LogP contribution < -0.4 is 4.74 Å². The highest BCUT2D eigenvalue weighted by Gasteiger charge is 2.37. The summed E-state index contributed by atoms with van der Waals surface area (Å²) in [5.41, 5.74) is 6.30. The fourth-order valence-electron chi connectivity index (χ4n) is 5.44. The van der Waals surface area contributed by atoms with Crippen LogP contribution in [0.1, 0.15) is 45.0 Å². The average molecular weight is 499 g/mol. The predicted molar refractivity (Wildman–Crippen MR) is 150 cm³/mol. The second-order valence-electron chi connectivity index (χ2n) is 9.64. The second kappa shape index (κ2) is 10.7. The maximum atomic E-state index is 11.2. The molecule has 1 atom stereocenters. The van der Waals surface area contributed by atoms with Crippen molar-refractivity contribution >= 4 is 0 Å². The van der Waals surface area contributed by atoms with E-state index in [1.165, 1.54) is 0 Å². The molecule has 0 amide bonds. The standard InChI is InChI=1S/C35H30O3/c36-34-31-19-11-10-12-27(31)25-37-33-21-20-26(24-32(33)34)22-23-38-35(28-13-4-1-5-14-28,29-15-6-2-7-16-29)30-17-8-3-9-18-30/h1-21,24,34,36H,22-23,25H2. The third-order valence-corrected chi connectivity index (χ3v) is 7.35. The summed E-state index contributed by atoms with van der Waals surface area (Å²) >= 11 is 0. The Hall–Kier alpha value is -4.18. The fraction of sp³-hybridized carbons (Fsp3) is 0.143. The van der Waals surface area contributed by atoms with Crippen molar-refractivity contribution in [3.63, 3.8) is 0 Å². The van der Waals surface area contributed by atoms with E-state index >= 15 is 0 Å². The van der Waals surface area contributed by atoms with E-state index in [4.69, 9.17) is 9.47 Å². The molecule has 1 heterocycles. The lowest BCUT2D eigenvalue weighted by atomic mass is 9.80. The average Bonchev–Trinajstić information content (AvgIpc) is 3.13. The number of hydrogen-bond acceptors (Lipinski definition) is 3. The van der Waals surface area contributed by atoms with E-state index in [-0.39, 0.29) is 0 Å². The molecule has 0 bridgehead atoms. The molecule has 3 nitrogen and oxygen atoms in total. The highest BCUT2D eigenvalue weighted by Crippen LogP contribution is 2.41. The van der Waals surface area contributed by atoms with Gasteiger partial charge in [-0.1, -0.05) is 121 Å². The first kappa shape index (κ1) is 24.2. The molecule has 1 N–H and O–H groups in total. The van der Waals surface area contributed by atoms with Crippen LogP contribution in [0.2, 0.25) is 0 Å². The lowest BCUT2D eigenvalue weighted by molar-refractivity contribution is 0.0147. The van der Waals surface area contributed by atoms with Crippen LogP contribution in [-0.2, 0) is 23.4 Å². The van der Waals surface area contributed by atoms with Gasteiger partial charge in [0.1, 0.15) is 24.1 Å². The molecule has 0 fully saturated rings. The Morgan fingerprint density at radius 3 is 1.82 bits per heavy atom. The van der Waals surface area contributed by atoms with Crippen LogP contribution in [0.3, 0.4) is 0 Å². The zero-order valence-corrected chi connectivity index (χ0v) is 21.2. The molecule has 1 aliphatic heterocycles. The summed E-state index contributed by atoms with van der Waals surface area (Å²) in [4.78, 5) is 0. The molecular formula is C35H30O3.